The van der Waals surface area contributed by atoms with Gasteiger partial charge < -0.3 is 4.90 Å². The maximum atomic E-state index is 12.6. The third-order valence-corrected chi connectivity index (χ3v) is 6.65. The number of amides is 1. The summed E-state index contributed by atoms with van der Waals surface area (Å²) in [5, 5.41) is 9.38. The van der Waals surface area contributed by atoms with Crippen LogP contribution in [0.25, 0.3) is 17.1 Å². The number of piperidine rings is 1. The molecule has 8 nitrogen and oxygen atoms in total. The highest BCUT2D eigenvalue weighted by Crippen LogP contribution is 2.29. The van der Waals surface area contributed by atoms with E-state index < -0.39 is 10.0 Å². The zero-order chi connectivity index (χ0) is 22.6. The van der Waals surface area contributed by atoms with Crippen molar-refractivity contribution < 1.29 is 13.2 Å². The molecule has 1 aromatic heterocycles. The summed E-state index contributed by atoms with van der Waals surface area (Å²) in [5.74, 6) is 1.05. The first-order chi connectivity index (χ1) is 15.4. The molecule has 1 N–H and O–H groups in total. The molecule has 0 spiro atoms. The molecule has 168 valence electrons. The van der Waals surface area contributed by atoms with Gasteiger partial charge in [-0.2, -0.15) is 0 Å². The van der Waals surface area contributed by atoms with Gasteiger partial charge in [-0.05, 0) is 55.7 Å². The maximum absolute atomic E-state index is 12.6. The Balaban J connectivity index is 1.60. The number of likely N-dealkylation sites (tertiary alicyclic amines) is 1. The Kier molecular flexibility index (Phi) is 6.80. The summed E-state index contributed by atoms with van der Waals surface area (Å²) in [7, 11) is -3.35. The predicted octanol–water partition coefficient (Wildman–Crippen LogP) is 3.41. The molecule has 0 unspecified atom stereocenters. The van der Waals surface area contributed by atoms with Gasteiger partial charge in [0.25, 0.3) is 0 Å². The summed E-state index contributed by atoms with van der Waals surface area (Å²) in [4.78, 5) is 14.6. The molecule has 1 saturated heterocycles. The minimum absolute atomic E-state index is 0.120. The molecule has 0 saturated carbocycles. The lowest BCUT2D eigenvalue weighted by Crippen LogP contribution is -2.36. The van der Waals surface area contributed by atoms with Gasteiger partial charge in [0.2, 0.25) is 15.9 Å². The second-order valence-electron chi connectivity index (χ2n) is 7.66. The van der Waals surface area contributed by atoms with Crippen LogP contribution in [0, 0.1) is 0 Å². The van der Waals surface area contributed by atoms with Crippen molar-refractivity contribution in [3.05, 3.63) is 54.6 Å². The number of rotatable bonds is 7. The molecule has 1 aliphatic heterocycles. The lowest BCUT2D eigenvalue weighted by Gasteiger charge is -2.26. The van der Waals surface area contributed by atoms with E-state index in [1.54, 1.807) is 24.3 Å². The Morgan fingerprint density at radius 1 is 1.00 bits per heavy atom. The fourth-order valence-electron chi connectivity index (χ4n) is 3.62. The van der Waals surface area contributed by atoms with E-state index in [9.17, 15) is 13.2 Å². The number of thioether (sulfide) groups is 1. The molecule has 1 fully saturated rings. The van der Waals surface area contributed by atoms with Crippen LogP contribution >= 0.6 is 11.8 Å². The largest absolute Gasteiger partial charge is 0.342 e. The molecular formula is C22H25N5O3S2. The van der Waals surface area contributed by atoms with Gasteiger partial charge in [-0.15, -0.1) is 10.2 Å². The topological polar surface area (TPSA) is 97.2 Å². The lowest BCUT2D eigenvalue weighted by molar-refractivity contribution is -0.129. The van der Waals surface area contributed by atoms with Crippen molar-refractivity contribution in [2.45, 2.75) is 24.4 Å². The Morgan fingerprint density at radius 2 is 1.69 bits per heavy atom. The van der Waals surface area contributed by atoms with Crippen molar-refractivity contribution in [2.75, 3.05) is 29.8 Å². The van der Waals surface area contributed by atoms with E-state index in [1.807, 2.05) is 39.8 Å². The average molecular weight is 472 g/mol. The van der Waals surface area contributed by atoms with Crippen LogP contribution in [0.2, 0.25) is 0 Å². The third-order valence-electron chi connectivity index (χ3n) is 5.13. The molecule has 4 rings (SSSR count). The van der Waals surface area contributed by atoms with E-state index in [-0.39, 0.29) is 5.91 Å². The van der Waals surface area contributed by atoms with Gasteiger partial charge in [0.05, 0.1) is 12.0 Å². The van der Waals surface area contributed by atoms with Crippen LogP contribution in [0.4, 0.5) is 5.69 Å². The van der Waals surface area contributed by atoms with Gasteiger partial charge in [0.1, 0.15) is 0 Å². The smallest absolute Gasteiger partial charge is 0.233 e. The number of benzene rings is 2. The molecular weight excluding hydrogens is 446 g/mol. The molecule has 2 heterocycles. The zero-order valence-electron chi connectivity index (χ0n) is 17.8. The van der Waals surface area contributed by atoms with Crippen LogP contribution in [0.1, 0.15) is 19.3 Å². The van der Waals surface area contributed by atoms with E-state index in [2.05, 4.69) is 14.9 Å². The lowest BCUT2D eigenvalue weighted by atomic mass is 10.1. The third kappa shape index (κ3) is 5.49. The van der Waals surface area contributed by atoms with Crippen LogP contribution in [0.5, 0.6) is 0 Å². The van der Waals surface area contributed by atoms with Crippen molar-refractivity contribution in [1.82, 2.24) is 19.7 Å². The maximum Gasteiger partial charge on any atom is 0.233 e. The van der Waals surface area contributed by atoms with E-state index in [4.69, 9.17) is 0 Å². The number of sulfonamides is 1. The SMILES string of the molecule is CS(=O)(=O)Nc1ccc(-c2nnc(SCC(=O)N3CCCCC3)n2-c2ccccc2)cc1. The monoisotopic (exact) mass is 471 g/mol. The number of para-hydroxylation sites is 1. The fraction of sp³-hybridized carbons (Fsp3) is 0.318. The molecule has 10 heteroatoms. The first-order valence-electron chi connectivity index (χ1n) is 10.4. The van der Waals surface area contributed by atoms with Crippen LogP contribution in [-0.2, 0) is 14.8 Å². The summed E-state index contributed by atoms with van der Waals surface area (Å²) in [5.41, 5.74) is 2.15. The van der Waals surface area contributed by atoms with Gasteiger partial charge in [-0.25, -0.2) is 8.42 Å². The van der Waals surface area contributed by atoms with Crippen molar-refractivity contribution >= 4 is 33.4 Å². The predicted molar refractivity (Wildman–Crippen MR) is 126 cm³/mol. The molecule has 0 radical (unpaired) electrons. The van der Waals surface area contributed by atoms with Gasteiger partial charge >= 0.3 is 0 Å². The standard InChI is InChI=1S/C22H25N5O3S2/c1-32(29,30)25-18-12-10-17(11-13-18)21-23-24-22(27(21)19-8-4-2-5-9-19)31-16-20(28)26-14-6-3-7-15-26/h2,4-5,8-13,25H,3,6-7,14-16H2,1H3. The number of carbonyl (C=O) groups is 1. The van der Waals surface area contributed by atoms with Gasteiger partial charge in [0, 0.05) is 30.0 Å². The zero-order valence-corrected chi connectivity index (χ0v) is 19.4. The summed E-state index contributed by atoms with van der Waals surface area (Å²) in [6, 6.07) is 16.7. The number of nitrogens with one attached hydrogen (secondary N) is 1. The average Bonchev–Trinajstić information content (AvgIpc) is 3.22. The number of aromatic nitrogens is 3. The van der Waals surface area contributed by atoms with E-state index >= 15 is 0 Å². The minimum atomic E-state index is -3.35. The van der Waals surface area contributed by atoms with Crippen molar-refractivity contribution in [3.63, 3.8) is 0 Å². The quantitative estimate of drug-likeness (QED) is 0.531. The first-order valence-corrected chi connectivity index (χ1v) is 13.3. The molecule has 0 bridgehead atoms. The molecule has 1 aliphatic rings. The highest BCUT2D eigenvalue weighted by molar-refractivity contribution is 7.99. The Morgan fingerprint density at radius 3 is 2.34 bits per heavy atom. The van der Waals surface area contributed by atoms with Crippen LogP contribution in [0.15, 0.2) is 59.8 Å². The second kappa shape index (κ2) is 9.74. The van der Waals surface area contributed by atoms with E-state index in [0.717, 1.165) is 43.4 Å². The van der Waals surface area contributed by atoms with E-state index in [0.29, 0.717) is 22.4 Å². The summed E-state index contributed by atoms with van der Waals surface area (Å²) >= 11 is 1.38. The van der Waals surface area contributed by atoms with E-state index in [1.165, 1.54) is 18.2 Å². The summed E-state index contributed by atoms with van der Waals surface area (Å²) < 4.78 is 27.3. The number of nitrogens with zero attached hydrogens (tertiary/aromatic N) is 4. The highest BCUT2D eigenvalue weighted by Gasteiger charge is 2.20. The summed E-state index contributed by atoms with van der Waals surface area (Å²) in [6.07, 6.45) is 4.42. The van der Waals surface area contributed by atoms with Crippen molar-refractivity contribution in [2.24, 2.45) is 0 Å². The van der Waals surface area contributed by atoms with Gasteiger partial charge in [-0.1, -0.05) is 30.0 Å². The molecule has 32 heavy (non-hydrogen) atoms. The number of anilines is 1. The number of hydrogen-bond acceptors (Lipinski definition) is 6. The van der Waals surface area contributed by atoms with Crippen molar-refractivity contribution in [1.29, 1.82) is 0 Å². The van der Waals surface area contributed by atoms with Gasteiger partial charge in [-0.3, -0.25) is 14.1 Å². The molecule has 0 aliphatic carbocycles. The molecule has 3 aromatic rings. The fourth-order valence-corrected chi connectivity index (χ4v) is 5.04. The Bertz CT molecular complexity index is 1170. The highest BCUT2D eigenvalue weighted by atomic mass is 32.2. The number of hydrogen-bond donors (Lipinski definition) is 1. The molecule has 1 amide bonds. The minimum Gasteiger partial charge on any atom is -0.342 e. The van der Waals surface area contributed by atoms with Gasteiger partial charge in [0.15, 0.2) is 11.0 Å². The molecule has 2 aromatic carbocycles. The normalized spacial score (nSPS) is 14.3. The van der Waals surface area contributed by atoms with Crippen LogP contribution in [-0.4, -0.2) is 59.1 Å². The second-order valence-corrected chi connectivity index (χ2v) is 10.3. The van der Waals surface area contributed by atoms with Crippen molar-refractivity contribution in [3.8, 4) is 17.1 Å². The van der Waals surface area contributed by atoms with Crippen LogP contribution in [0.3, 0.4) is 0 Å². The Labute approximate surface area is 192 Å². The summed E-state index contributed by atoms with van der Waals surface area (Å²) in [6.45, 7) is 1.65. The molecule has 0 atom stereocenters. The van der Waals surface area contributed by atoms with Crippen LogP contribution < -0.4 is 4.72 Å². The Hall–Kier alpha value is -2.85. The number of carbonyl (C=O) groups excluding carboxylic acids is 1. The first kappa shape index (κ1) is 22.3.